The molecule has 1 atom stereocenters. The molecule has 0 aromatic heterocycles. The maximum Gasteiger partial charge on any atom is 0.254 e. The van der Waals surface area contributed by atoms with Gasteiger partial charge in [-0.15, -0.1) is 0 Å². The van der Waals surface area contributed by atoms with E-state index in [9.17, 15) is 4.79 Å². The Kier molecular flexibility index (Phi) is 3.69. The Labute approximate surface area is 107 Å². The summed E-state index contributed by atoms with van der Waals surface area (Å²) in [6.45, 7) is 6.47. The quantitative estimate of drug-likeness (QED) is 0.830. The number of piperazine rings is 1. The number of aryl methyl sites for hydroxylation is 1. The number of carbonyl (C=O) groups is 1. The van der Waals surface area contributed by atoms with Gasteiger partial charge in [0.25, 0.3) is 5.91 Å². The van der Waals surface area contributed by atoms with Crippen molar-refractivity contribution in [3.63, 3.8) is 0 Å². The van der Waals surface area contributed by atoms with Crippen LogP contribution in [0.5, 0.6) is 0 Å². The topological polar surface area (TPSA) is 32.3 Å². The molecule has 1 aliphatic rings. The first-order chi connectivity index (χ1) is 8.09. The molecule has 0 saturated carbocycles. The van der Waals surface area contributed by atoms with E-state index in [1.54, 1.807) is 6.07 Å². The van der Waals surface area contributed by atoms with Crippen LogP contribution in [0.1, 0.15) is 22.8 Å². The molecular formula is C13H17ClN2O. The van der Waals surface area contributed by atoms with Gasteiger partial charge in [0.15, 0.2) is 0 Å². The van der Waals surface area contributed by atoms with Crippen molar-refractivity contribution < 1.29 is 4.79 Å². The van der Waals surface area contributed by atoms with Crippen LogP contribution >= 0.6 is 11.6 Å². The Morgan fingerprint density at radius 3 is 3.00 bits per heavy atom. The zero-order chi connectivity index (χ0) is 12.4. The fourth-order valence-corrected chi connectivity index (χ4v) is 2.29. The van der Waals surface area contributed by atoms with Crippen molar-refractivity contribution in [1.82, 2.24) is 10.2 Å². The van der Waals surface area contributed by atoms with E-state index in [2.05, 4.69) is 12.2 Å². The smallest absolute Gasteiger partial charge is 0.254 e. The van der Waals surface area contributed by atoms with Gasteiger partial charge in [-0.1, -0.05) is 17.7 Å². The second-order valence-corrected chi connectivity index (χ2v) is 4.95. The molecule has 1 aromatic rings. The van der Waals surface area contributed by atoms with Crippen LogP contribution in [-0.4, -0.2) is 36.5 Å². The fraction of sp³-hybridized carbons (Fsp3) is 0.462. The first-order valence-electron chi connectivity index (χ1n) is 5.87. The molecule has 1 fully saturated rings. The molecule has 1 amide bonds. The normalized spacial score (nSPS) is 20.4. The van der Waals surface area contributed by atoms with E-state index in [1.165, 1.54) is 0 Å². The Balaban J connectivity index is 2.26. The molecule has 17 heavy (non-hydrogen) atoms. The van der Waals surface area contributed by atoms with Crippen LogP contribution in [0.15, 0.2) is 18.2 Å². The second kappa shape index (κ2) is 5.07. The number of amides is 1. The number of hydrogen-bond acceptors (Lipinski definition) is 2. The number of benzene rings is 1. The third-order valence-corrected chi connectivity index (χ3v) is 3.43. The summed E-state index contributed by atoms with van der Waals surface area (Å²) >= 11 is 5.95. The number of nitrogens with one attached hydrogen (secondary N) is 1. The first kappa shape index (κ1) is 12.4. The standard InChI is InChI=1S/C13H17ClN2O/c1-9-3-4-11(14)7-12(9)13(17)16-6-5-15-8-10(16)2/h3-4,7,10,15H,5-6,8H2,1-2H3/t10-/m1/s1. The molecule has 92 valence electrons. The summed E-state index contributed by atoms with van der Waals surface area (Å²) in [6.07, 6.45) is 0. The summed E-state index contributed by atoms with van der Waals surface area (Å²) in [4.78, 5) is 14.3. The molecule has 1 aliphatic heterocycles. The molecule has 1 N–H and O–H groups in total. The third-order valence-electron chi connectivity index (χ3n) is 3.19. The second-order valence-electron chi connectivity index (χ2n) is 4.51. The Morgan fingerprint density at radius 2 is 2.29 bits per heavy atom. The maximum atomic E-state index is 12.4. The minimum Gasteiger partial charge on any atom is -0.333 e. The van der Waals surface area contributed by atoms with E-state index < -0.39 is 0 Å². The molecule has 0 bridgehead atoms. The van der Waals surface area contributed by atoms with Crippen molar-refractivity contribution in [1.29, 1.82) is 0 Å². The maximum absolute atomic E-state index is 12.4. The van der Waals surface area contributed by atoms with Gasteiger partial charge < -0.3 is 10.2 Å². The number of halogens is 1. The molecule has 0 spiro atoms. The van der Waals surface area contributed by atoms with Gasteiger partial charge in [0.05, 0.1) is 0 Å². The molecule has 3 nitrogen and oxygen atoms in total. The predicted molar refractivity (Wildman–Crippen MR) is 69.6 cm³/mol. The van der Waals surface area contributed by atoms with Gasteiger partial charge in [0.2, 0.25) is 0 Å². The van der Waals surface area contributed by atoms with Crippen LogP contribution in [0.2, 0.25) is 5.02 Å². The van der Waals surface area contributed by atoms with E-state index >= 15 is 0 Å². The van der Waals surface area contributed by atoms with Crippen molar-refractivity contribution in [2.45, 2.75) is 19.9 Å². The molecular weight excluding hydrogens is 236 g/mol. The molecule has 0 unspecified atom stereocenters. The van der Waals surface area contributed by atoms with Crippen LogP contribution in [0.3, 0.4) is 0 Å². The largest absolute Gasteiger partial charge is 0.333 e. The summed E-state index contributed by atoms with van der Waals surface area (Å²) in [6, 6.07) is 5.69. The van der Waals surface area contributed by atoms with E-state index in [-0.39, 0.29) is 11.9 Å². The minimum absolute atomic E-state index is 0.0824. The lowest BCUT2D eigenvalue weighted by molar-refractivity contribution is 0.0655. The minimum atomic E-state index is 0.0824. The van der Waals surface area contributed by atoms with Gasteiger partial charge >= 0.3 is 0 Å². The lowest BCUT2D eigenvalue weighted by Crippen LogP contribution is -2.52. The molecule has 1 saturated heterocycles. The highest BCUT2D eigenvalue weighted by atomic mass is 35.5. The zero-order valence-electron chi connectivity index (χ0n) is 10.2. The van der Waals surface area contributed by atoms with Crippen LogP contribution in [-0.2, 0) is 0 Å². The van der Waals surface area contributed by atoms with Gasteiger partial charge in [-0.3, -0.25) is 4.79 Å². The highest BCUT2D eigenvalue weighted by Gasteiger charge is 2.24. The predicted octanol–water partition coefficient (Wildman–Crippen LogP) is 2.08. The van der Waals surface area contributed by atoms with Gasteiger partial charge in [-0.2, -0.15) is 0 Å². The first-order valence-corrected chi connectivity index (χ1v) is 6.25. The lowest BCUT2D eigenvalue weighted by atomic mass is 10.1. The zero-order valence-corrected chi connectivity index (χ0v) is 10.9. The van der Waals surface area contributed by atoms with Crippen molar-refractivity contribution in [3.05, 3.63) is 34.3 Å². The van der Waals surface area contributed by atoms with Crippen LogP contribution in [0.4, 0.5) is 0 Å². The van der Waals surface area contributed by atoms with Crippen LogP contribution in [0, 0.1) is 6.92 Å². The molecule has 4 heteroatoms. The average molecular weight is 253 g/mol. The summed E-state index contributed by atoms with van der Waals surface area (Å²) in [5, 5.41) is 3.89. The fourth-order valence-electron chi connectivity index (χ4n) is 2.12. The number of hydrogen-bond donors (Lipinski definition) is 1. The van der Waals surface area contributed by atoms with E-state index in [1.807, 2.05) is 24.0 Å². The molecule has 2 rings (SSSR count). The average Bonchev–Trinajstić information content (AvgIpc) is 2.32. The molecule has 0 aliphatic carbocycles. The van der Waals surface area contributed by atoms with Crippen LogP contribution in [0.25, 0.3) is 0 Å². The molecule has 1 aromatic carbocycles. The van der Waals surface area contributed by atoms with Crippen molar-refractivity contribution in [3.8, 4) is 0 Å². The summed E-state index contributed by atoms with van der Waals surface area (Å²) < 4.78 is 0. The summed E-state index contributed by atoms with van der Waals surface area (Å²) in [7, 11) is 0. The van der Waals surface area contributed by atoms with Crippen molar-refractivity contribution in [2.75, 3.05) is 19.6 Å². The SMILES string of the molecule is Cc1ccc(Cl)cc1C(=O)N1CCNC[C@H]1C. The van der Waals surface area contributed by atoms with Gasteiger partial charge in [-0.05, 0) is 31.5 Å². The molecule has 1 heterocycles. The van der Waals surface area contributed by atoms with Crippen molar-refractivity contribution in [2.24, 2.45) is 0 Å². The lowest BCUT2D eigenvalue weighted by Gasteiger charge is -2.34. The van der Waals surface area contributed by atoms with Crippen molar-refractivity contribution >= 4 is 17.5 Å². The van der Waals surface area contributed by atoms with E-state index in [0.717, 1.165) is 25.2 Å². The number of nitrogens with zero attached hydrogens (tertiary/aromatic N) is 1. The van der Waals surface area contributed by atoms with Gasteiger partial charge in [0.1, 0.15) is 0 Å². The Hall–Kier alpha value is -1.06. The van der Waals surface area contributed by atoms with Gasteiger partial charge in [0, 0.05) is 36.3 Å². The molecule has 0 radical (unpaired) electrons. The number of rotatable bonds is 1. The number of carbonyl (C=O) groups excluding carboxylic acids is 1. The summed E-state index contributed by atoms with van der Waals surface area (Å²) in [5.74, 6) is 0.0824. The van der Waals surface area contributed by atoms with E-state index in [4.69, 9.17) is 11.6 Å². The third kappa shape index (κ3) is 2.61. The highest BCUT2D eigenvalue weighted by Crippen LogP contribution is 2.18. The summed E-state index contributed by atoms with van der Waals surface area (Å²) in [5.41, 5.74) is 1.69. The highest BCUT2D eigenvalue weighted by molar-refractivity contribution is 6.31. The monoisotopic (exact) mass is 252 g/mol. The van der Waals surface area contributed by atoms with Gasteiger partial charge in [-0.25, -0.2) is 0 Å². The Bertz CT molecular complexity index is 433. The van der Waals surface area contributed by atoms with E-state index in [0.29, 0.717) is 10.6 Å². The van der Waals surface area contributed by atoms with Crippen LogP contribution < -0.4 is 5.32 Å². The Morgan fingerprint density at radius 1 is 1.53 bits per heavy atom.